The summed E-state index contributed by atoms with van der Waals surface area (Å²) in [7, 11) is 0. The first-order valence-corrected chi connectivity index (χ1v) is 6.68. The number of hydrogen-bond donors (Lipinski definition) is 2. The molecule has 1 fully saturated rings. The van der Waals surface area contributed by atoms with E-state index in [1.54, 1.807) is 6.20 Å². The third-order valence-corrected chi connectivity index (χ3v) is 3.59. The molecule has 4 heteroatoms. The maximum Gasteiger partial charge on any atom is 0.240 e. The molecular formula is C14H21N3O. The lowest BCUT2D eigenvalue weighted by molar-refractivity contribution is -0.127. The third kappa shape index (κ3) is 3.29. The van der Waals surface area contributed by atoms with Crippen molar-refractivity contribution in [3.05, 3.63) is 30.1 Å². The largest absolute Gasteiger partial charge is 0.354 e. The van der Waals surface area contributed by atoms with Gasteiger partial charge in [0.25, 0.3) is 0 Å². The maximum absolute atomic E-state index is 12.1. The molecule has 1 aliphatic rings. The number of carbonyl (C=O) groups is 1. The van der Waals surface area contributed by atoms with Gasteiger partial charge in [-0.25, -0.2) is 0 Å². The van der Waals surface area contributed by atoms with Crippen LogP contribution in [0.1, 0.15) is 37.8 Å². The topological polar surface area (TPSA) is 68.0 Å². The number of aromatic nitrogens is 1. The minimum Gasteiger partial charge on any atom is -0.354 e. The van der Waals surface area contributed by atoms with E-state index in [0.717, 1.165) is 37.8 Å². The fourth-order valence-electron chi connectivity index (χ4n) is 2.44. The zero-order valence-corrected chi connectivity index (χ0v) is 10.7. The van der Waals surface area contributed by atoms with Crippen LogP contribution < -0.4 is 11.1 Å². The lowest BCUT2D eigenvalue weighted by atomic mass is 9.82. The molecule has 0 unspecified atom stereocenters. The van der Waals surface area contributed by atoms with E-state index in [9.17, 15) is 4.79 Å². The van der Waals surface area contributed by atoms with Gasteiger partial charge in [0.15, 0.2) is 0 Å². The highest BCUT2D eigenvalue weighted by molar-refractivity contribution is 5.86. The number of amides is 1. The lowest BCUT2D eigenvalue weighted by Gasteiger charge is -2.31. The predicted octanol–water partition coefficient (Wildman–Crippen LogP) is 1.40. The Kier molecular flexibility index (Phi) is 4.31. The van der Waals surface area contributed by atoms with Gasteiger partial charge in [-0.05, 0) is 25.0 Å². The van der Waals surface area contributed by atoms with E-state index in [4.69, 9.17) is 5.73 Å². The molecule has 0 atom stereocenters. The Bertz CT molecular complexity index is 385. The molecule has 0 aromatic carbocycles. The van der Waals surface area contributed by atoms with Crippen LogP contribution in [0.5, 0.6) is 0 Å². The highest BCUT2D eigenvalue weighted by Gasteiger charge is 2.34. The van der Waals surface area contributed by atoms with Gasteiger partial charge in [-0.1, -0.05) is 25.3 Å². The van der Waals surface area contributed by atoms with Crippen molar-refractivity contribution in [3.8, 4) is 0 Å². The summed E-state index contributed by atoms with van der Waals surface area (Å²) in [4.78, 5) is 16.3. The van der Waals surface area contributed by atoms with Crippen molar-refractivity contribution in [1.82, 2.24) is 10.3 Å². The summed E-state index contributed by atoms with van der Waals surface area (Å²) in [5.74, 6) is -0.00173. The van der Waals surface area contributed by atoms with Crippen molar-refractivity contribution < 1.29 is 4.79 Å². The average molecular weight is 247 g/mol. The highest BCUT2D eigenvalue weighted by atomic mass is 16.2. The second-order valence-corrected chi connectivity index (χ2v) is 5.04. The van der Waals surface area contributed by atoms with Gasteiger partial charge in [-0.3, -0.25) is 9.78 Å². The molecule has 1 aromatic heterocycles. The predicted molar refractivity (Wildman–Crippen MR) is 71.0 cm³/mol. The monoisotopic (exact) mass is 247 g/mol. The van der Waals surface area contributed by atoms with Crippen LogP contribution in [0.2, 0.25) is 0 Å². The first-order valence-electron chi connectivity index (χ1n) is 6.68. The fourth-order valence-corrected chi connectivity index (χ4v) is 2.44. The Labute approximate surface area is 108 Å². The number of hydrogen-bond acceptors (Lipinski definition) is 3. The highest BCUT2D eigenvalue weighted by Crippen LogP contribution is 2.25. The molecule has 0 aliphatic heterocycles. The van der Waals surface area contributed by atoms with Gasteiger partial charge in [-0.15, -0.1) is 0 Å². The minimum absolute atomic E-state index is 0.00173. The van der Waals surface area contributed by atoms with Gasteiger partial charge in [0.1, 0.15) is 0 Å². The Balaban J connectivity index is 1.78. The van der Waals surface area contributed by atoms with Gasteiger partial charge in [0.05, 0.1) is 5.54 Å². The van der Waals surface area contributed by atoms with E-state index in [0.29, 0.717) is 6.54 Å². The molecule has 1 amide bonds. The van der Waals surface area contributed by atoms with Crippen LogP contribution in [-0.2, 0) is 11.2 Å². The summed E-state index contributed by atoms with van der Waals surface area (Å²) in [6.07, 6.45) is 7.45. The summed E-state index contributed by atoms with van der Waals surface area (Å²) in [5.41, 5.74) is 6.51. The zero-order valence-electron chi connectivity index (χ0n) is 10.7. The molecule has 1 aromatic rings. The summed E-state index contributed by atoms with van der Waals surface area (Å²) < 4.78 is 0. The first-order chi connectivity index (χ1) is 8.71. The van der Waals surface area contributed by atoms with Gasteiger partial charge >= 0.3 is 0 Å². The van der Waals surface area contributed by atoms with Crippen molar-refractivity contribution in [1.29, 1.82) is 0 Å². The standard InChI is InChI=1S/C14H21N3O/c15-14(8-3-1-4-9-14)13(18)17-11-7-12-6-2-5-10-16-12/h2,5-6,10H,1,3-4,7-9,11,15H2,(H,17,18). The van der Waals surface area contributed by atoms with Gasteiger partial charge in [0, 0.05) is 24.9 Å². The van der Waals surface area contributed by atoms with Crippen LogP contribution in [0.15, 0.2) is 24.4 Å². The molecule has 0 radical (unpaired) electrons. The Morgan fingerprint density at radius 2 is 2.11 bits per heavy atom. The second kappa shape index (κ2) is 5.96. The molecule has 1 heterocycles. The van der Waals surface area contributed by atoms with Gasteiger partial charge in [0.2, 0.25) is 5.91 Å². The molecule has 3 N–H and O–H groups in total. The quantitative estimate of drug-likeness (QED) is 0.845. The number of nitrogens with one attached hydrogen (secondary N) is 1. The molecule has 98 valence electrons. The van der Waals surface area contributed by atoms with E-state index < -0.39 is 5.54 Å². The van der Waals surface area contributed by atoms with Crippen molar-refractivity contribution in [3.63, 3.8) is 0 Å². The van der Waals surface area contributed by atoms with Crippen molar-refractivity contribution >= 4 is 5.91 Å². The van der Waals surface area contributed by atoms with Crippen LogP contribution >= 0.6 is 0 Å². The maximum atomic E-state index is 12.1. The molecule has 18 heavy (non-hydrogen) atoms. The second-order valence-electron chi connectivity index (χ2n) is 5.04. The fraction of sp³-hybridized carbons (Fsp3) is 0.571. The molecule has 0 bridgehead atoms. The first kappa shape index (κ1) is 13.0. The van der Waals surface area contributed by atoms with E-state index in [1.165, 1.54) is 6.42 Å². The third-order valence-electron chi connectivity index (χ3n) is 3.59. The lowest BCUT2D eigenvalue weighted by Crippen LogP contribution is -2.55. The van der Waals surface area contributed by atoms with Crippen molar-refractivity contribution in [2.75, 3.05) is 6.54 Å². The van der Waals surface area contributed by atoms with Crippen LogP contribution in [0, 0.1) is 0 Å². The summed E-state index contributed by atoms with van der Waals surface area (Å²) >= 11 is 0. The van der Waals surface area contributed by atoms with E-state index >= 15 is 0 Å². The normalized spacial score (nSPS) is 18.3. The summed E-state index contributed by atoms with van der Waals surface area (Å²) in [6, 6.07) is 5.81. The van der Waals surface area contributed by atoms with Crippen molar-refractivity contribution in [2.45, 2.75) is 44.1 Å². The molecule has 2 rings (SSSR count). The molecule has 4 nitrogen and oxygen atoms in total. The molecule has 0 saturated heterocycles. The Morgan fingerprint density at radius 1 is 1.33 bits per heavy atom. The Morgan fingerprint density at radius 3 is 2.78 bits per heavy atom. The number of carbonyl (C=O) groups excluding carboxylic acids is 1. The number of nitrogens with two attached hydrogens (primary N) is 1. The number of pyridine rings is 1. The van der Waals surface area contributed by atoms with Crippen LogP contribution in [0.4, 0.5) is 0 Å². The van der Waals surface area contributed by atoms with E-state index in [-0.39, 0.29) is 5.91 Å². The molecule has 1 aliphatic carbocycles. The smallest absolute Gasteiger partial charge is 0.240 e. The SMILES string of the molecule is NC1(C(=O)NCCc2ccccn2)CCCCC1. The zero-order chi connectivity index (χ0) is 12.8. The summed E-state index contributed by atoms with van der Waals surface area (Å²) in [6.45, 7) is 0.606. The van der Waals surface area contributed by atoms with Gasteiger partial charge in [-0.2, -0.15) is 0 Å². The van der Waals surface area contributed by atoms with E-state index in [1.807, 2.05) is 18.2 Å². The van der Waals surface area contributed by atoms with Crippen LogP contribution in [-0.4, -0.2) is 23.0 Å². The van der Waals surface area contributed by atoms with E-state index in [2.05, 4.69) is 10.3 Å². The molecule has 1 saturated carbocycles. The van der Waals surface area contributed by atoms with Crippen molar-refractivity contribution in [2.24, 2.45) is 5.73 Å². The average Bonchev–Trinajstić information content (AvgIpc) is 2.41. The summed E-state index contributed by atoms with van der Waals surface area (Å²) in [5, 5.41) is 2.94. The number of rotatable bonds is 4. The van der Waals surface area contributed by atoms with Crippen LogP contribution in [0.25, 0.3) is 0 Å². The molecule has 0 spiro atoms. The number of nitrogens with zero attached hydrogens (tertiary/aromatic N) is 1. The van der Waals surface area contributed by atoms with Crippen LogP contribution in [0.3, 0.4) is 0 Å². The van der Waals surface area contributed by atoms with Gasteiger partial charge < -0.3 is 11.1 Å². The minimum atomic E-state index is -0.637. The molecular weight excluding hydrogens is 226 g/mol. The Hall–Kier alpha value is -1.42.